The molecular formula is C11H17N3O2. The number of nitrogens with zero attached hydrogens (tertiary/aromatic N) is 3. The van der Waals surface area contributed by atoms with Gasteiger partial charge in [0.25, 0.3) is 0 Å². The molecule has 0 fully saturated rings. The molecule has 1 aromatic rings. The summed E-state index contributed by atoms with van der Waals surface area (Å²) in [6.45, 7) is 3.75. The fraction of sp³-hybridized carbons (Fsp3) is 0.545. The van der Waals surface area contributed by atoms with Crippen LogP contribution in [0.15, 0.2) is 12.4 Å². The topological polar surface area (TPSA) is 66.3 Å². The van der Waals surface area contributed by atoms with Gasteiger partial charge in [0.05, 0.1) is 5.92 Å². The quantitative estimate of drug-likeness (QED) is 0.835. The molecule has 1 atom stereocenters. The minimum absolute atomic E-state index is 0.0197. The van der Waals surface area contributed by atoms with Crippen molar-refractivity contribution in [3.05, 3.63) is 18.0 Å². The first-order valence-corrected chi connectivity index (χ1v) is 5.15. The Kier molecular flexibility index (Phi) is 3.82. The highest BCUT2D eigenvalue weighted by molar-refractivity contribution is 5.76. The van der Waals surface area contributed by atoms with Crippen LogP contribution in [0.25, 0.3) is 0 Å². The number of carboxylic acids is 1. The Balaban J connectivity index is 2.99. The monoisotopic (exact) mass is 223 g/mol. The van der Waals surface area contributed by atoms with Gasteiger partial charge < -0.3 is 10.0 Å². The highest BCUT2D eigenvalue weighted by Crippen LogP contribution is 2.23. The van der Waals surface area contributed by atoms with E-state index in [1.54, 1.807) is 17.3 Å². The average molecular weight is 223 g/mol. The maximum absolute atomic E-state index is 11.1. The first-order valence-electron chi connectivity index (χ1n) is 5.15. The van der Waals surface area contributed by atoms with Crippen molar-refractivity contribution >= 4 is 11.9 Å². The maximum Gasteiger partial charge on any atom is 0.311 e. The van der Waals surface area contributed by atoms with Gasteiger partial charge in [-0.1, -0.05) is 13.8 Å². The molecule has 0 saturated heterocycles. The van der Waals surface area contributed by atoms with Gasteiger partial charge in [-0.25, -0.2) is 9.97 Å². The summed E-state index contributed by atoms with van der Waals surface area (Å²) in [5, 5.41) is 9.11. The summed E-state index contributed by atoms with van der Waals surface area (Å²) in [5.41, 5.74) is 0.646. The Hall–Kier alpha value is -1.65. The number of carboxylic acid groups (broad SMARTS) is 1. The first-order chi connectivity index (χ1) is 7.43. The summed E-state index contributed by atoms with van der Waals surface area (Å²) in [7, 11) is 3.68. The predicted octanol–water partition coefficient (Wildman–Crippen LogP) is 1.37. The second kappa shape index (κ2) is 4.92. The van der Waals surface area contributed by atoms with E-state index in [-0.39, 0.29) is 5.92 Å². The number of aromatic nitrogens is 2. The predicted molar refractivity (Wildman–Crippen MR) is 61.6 cm³/mol. The Labute approximate surface area is 95.1 Å². The van der Waals surface area contributed by atoms with Gasteiger partial charge in [-0.3, -0.25) is 4.79 Å². The Morgan fingerprint density at radius 2 is 1.81 bits per heavy atom. The third-order valence-electron chi connectivity index (χ3n) is 2.35. The lowest BCUT2D eigenvalue weighted by atomic mass is 9.90. The summed E-state index contributed by atoms with van der Waals surface area (Å²) >= 11 is 0. The van der Waals surface area contributed by atoms with E-state index in [9.17, 15) is 4.79 Å². The van der Waals surface area contributed by atoms with Crippen LogP contribution < -0.4 is 4.90 Å². The minimum Gasteiger partial charge on any atom is -0.481 e. The molecule has 1 aromatic heterocycles. The van der Waals surface area contributed by atoms with Crippen molar-refractivity contribution in [1.82, 2.24) is 9.97 Å². The van der Waals surface area contributed by atoms with E-state index in [1.807, 2.05) is 27.9 Å². The van der Waals surface area contributed by atoms with E-state index >= 15 is 0 Å². The second-order valence-corrected chi connectivity index (χ2v) is 4.27. The number of anilines is 1. The molecule has 0 aliphatic rings. The van der Waals surface area contributed by atoms with Crippen LogP contribution in [0.3, 0.4) is 0 Å². The zero-order valence-electron chi connectivity index (χ0n) is 10.0. The molecule has 0 amide bonds. The summed E-state index contributed by atoms with van der Waals surface area (Å²) in [5.74, 6) is -0.782. The third kappa shape index (κ3) is 2.68. The van der Waals surface area contributed by atoms with Crippen LogP contribution in [-0.4, -0.2) is 35.1 Å². The van der Waals surface area contributed by atoms with Crippen LogP contribution >= 0.6 is 0 Å². The Bertz CT molecular complexity index is 360. The molecule has 16 heavy (non-hydrogen) atoms. The molecule has 88 valence electrons. The molecule has 1 rings (SSSR count). The molecule has 0 aliphatic heterocycles. The van der Waals surface area contributed by atoms with Crippen LogP contribution in [0.1, 0.15) is 25.3 Å². The molecule has 1 heterocycles. The Morgan fingerprint density at radius 3 is 2.12 bits per heavy atom. The Morgan fingerprint density at radius 1 is 1.31 bits per heavy atom. The van der Waals surface area contributed by atoms with Crippen molar-refractivity contribution in [1.29, 1.82) is 0 Å². The zero-order chi connectivity index (χ0) is 12.3. The number of hydrogen-bond donors (Lipinski definition) is 1. The van der Waals surface area contributed by atoms with Gasteiger partial charge in [-0.2, -0.15) is 0 Å². The van der Waals surface area contributed by atoms with Gasteiger partial charge in [0.2, 0.25) is 5.95 Å². The molecule has 0 radical (unpaired) electrons. The zero-order valence-corrected chi connectivity index (χ0v) is 10.0. The number of carbonyl (C=O) groups is 1. The lowest BCUT2D eigenvalue weighted by molar-refractivity contribution is -0.139. The first kappa shape index (κ1) is 12.4. The fourth-order valence-corrected chi connectivity index (χ4v) is 1.54. The molecule has 0 aliphatic carbocycles. The highest BCUT2D eigenvalue weighted by Gasteiger charge is 2.24. The van der Waals surface area contributed by atoms with E-state index in [0.29, 0.717) is 11.5 Å². The largest absolute Gasteiger partial charge is 0.481 e. The molecule has 0 aromatic carbocycles. The van der Waals surface area contributed by atoms with Gasteiger partial charge in [0.15, 0.2) is 0 Å². The minimum atomic E-state index is -0.837. The molecule has 0 saturated carbocycles. The molecule has 0 unspecified atom stereocenters. The third-order valence-corrected chi connectivity index (χ3v) is 2.35. The van der Waals surface area contributed by atoms with E-state index < -0.39 is 11.9 Å². The molecular weight excluding hydrogens is 206 g/mol. The standard InChI is InChI=1S/C11H17N3O2/c1-7(2)9(10(15)16)8-5-12-11(13-6-8)14(3)4/h5-7,9H,1-4H3,(H,15,16)/t9-/m0/s1. The molecule has 5 heteroatoms. The van der Waals surface area contributed by atoms with Crippen LogP contribution in [0.4, 0.5) is 5.95 Å². The van der Waals surface area contributed by atoms with Crippen molar-refractivity contribution in [3.8, 4) is 0 Å². The van der Waals surface area contributed by atoms with Crippen LogP contribution in [0.2, 0.25) is 0 Å². The van der Waals surface area contributed by atoms with E-state index in [0.717, 1.165) is 0 Å². The highest BCUT2D eigenvalue weighted by atomic mass is 16.4. The number of hydrogen-bond acceptors (Lipinski definition) is 4. The molecule has 0 spiro atoms. The summed E-state index contributed by atoms with van der Waals surface area (Å²) in [6, 6.07) is 0. The van der Waals surface area contributed by atoms with Crippen LogP contribution in [0, 0.1) is 5.92 Å². The van der Waals surface area contributed by atoms with Crippen molar-refractivity contribution in [2.45, 2.75) is 19.8 Å². The van der Waals surface area contributed by atoms with Gasteiger partial charge in [0.1, 0.15) is 0 Å². The summed E-state index contributed by atoms with van der Waals surface area (Å²) in [4.78, 5) is 21.1. The number of aliphatic carboxylic acids is 1. The SMILES string of the molecule is CC(C)[C@H](C(=O)O)c1cnc(N(C)C)nc1. The summed E-state index contributed by atoms with van der Waals surface area (Å²) in [6.07, 6.45) is 3.17. The maximum atomic E-state index is 11.1. The fourth-order valence-electron chi connectivity index (χ4n) is 1.54. The van der Waals surface area contributed by atoms with E-state index in [1.165, 1.54) is 0 Å². The normalized spacial score (nSPS) is 12.6. The smallest absolute Gasteiger partial charge is 0.311 e. The average Bonchev–Trinajstić information content (AvgIpc) is 2.17. The van der Waals surface area contributed by atoms with Crippen molar-refractivity contribution in [2.75, 3.05) is 19.0 Å². The van der Waals surface area contributed by atoms with Gasteiger partial charge in [0, 0.05) is 32.1 Å². The van der Waals surface area contributed by atoms with Crippen molar-refractivity contribution in [3.63, 3.8) is 0 Å². The van der Waals surface area contributed by atoms with Crippen molar-refractivity contribution in [2.24, 2.45) is 5.92 Å². The molecule has 1 N–H and O–H groups in total. The van der Waals surface area contributed by atoms with Crippen LogP contribution in [0.5, 0.6) is 0 Å². The lowest BCUT2D eigenvalue weighted by Crippen LogP contribution is -2.19. The summed E-state index contributed by atoms with van der Waals surface area (Å²) < 4.78 is 0. The second-order valence-electron chi connectivity index (χ2n) is 4.27. The molecule has 0 bridgehead atoms. The lowest BCUT2D eigenvalue weighted by Gasteiger charge is -2.16. The van der Waals surface area contributed by atoms with Gasteiger partial charge >= 0.3 is 5.97 Å². The van der Waals surface area contributed by atoms with Crippen LogP contribution in [-0.2, 0) is 4.79 Å². The van der Waals surface area contributed by atoms with Crippen molar-refractivity contribution < 1.29 is 9.90 Å². The van der Waals surface area contributed by atoms with Gasteiger partial charge in [-0.15, -0.1) is 0 Å². The molecule has 5 nitrogen and oxygen atoms in total. The number of rotatable bonds is 4. The van der Waals surface area contributed by atoms with E-state index in [2.05, 4.69) is 9.97 Å². The van der Waals surface area contributed by atoms with E-state index in [4.69, 9.17) is 5.11 Å². The van der Waals surface area contributed by atoms with Gasteiger partial charge in [-0.05, 0) is 5.92 Å².